The van der Waals surface area contributed by atoms with E-state index in [-0.39, 0.29) is 55.1 Å². The standard InChI is InChI=1S/C16H14FN3O2.C13H14FN3O2.C5H9NO/c1-2-22-16(21)14-12-7-5-9-18-15(12)20(19-14)10-11-6-3-4-8-13(11)17;1-2-19-13(18)11-7-12(15)17(16-11)8-9-5-3-4-6-10(9)14;1-6(2)4-3-5-7/h3-9H,2,10H2,1H3;3-7H,2,8,15H2,1H3;3-5H,1-2H3/b;;4-3+. The van der Waals surface area contributed by atoms with Crippen molar-refractivity contribution in [2.24, 2.45) is 0 Å². The first-order valence-electron chi connectivity index (χ1n) is 14.8. The van der Waals surface area contributed by atoms with Crippen LogP contribution in [-0.4, -0.2) is 75.0 Å². The van der Waals surface area contributed by atoms with Gasteiger partial charge in [0, 0.05) is 43.7 Å². The number of hydrogen-bond donors (Lipinski definition) is 1. The Morgan fingerprint density at radius 2 is 1.44 bits per heavy atom. The number of hydrogen-bond acceptors (Lipinski definition) is 10. The van der Waals surface area contributed by atoms with Gasteiger partial charge in [-0.2, -0.15) is 10.2 Å². The lowest BCUT2D eigenvalue weighted by Gasteiger charge is -2.05. The van der Waals surface area contributed by atoms with Crippen LogP contribution >= 0.6 is 0 Å². The Bertz CT molecular complexity index is 1850. The molecule has 48 heavy (non-hydrogen) atoms. The summed E-state index contributed by atoms with van der Waals surface area (Å²) in [5.41, 5.74) is 7.51. The Morgan fingerprint density at radius 3 is 1.98 bits per heavy atom. The second kappa shape index (κ2) is 18.3. The summed E-state index contributed by atoms with van der Waals surface area (Å²) in [7, 11) is 3.72. The van der Waals surface area contributed by atoms with E-state index in [1.807, 2.05) is 14.1 Å². The van der Waals surface area contributed by atoms with Gasteiger partial charge < -0.3 is 20.1 Å². The average Bonchev–Trinajstić information content (AvgIpc) is 3.63. The third kappa shape index (κ3) is 10.3. The van der Waals surface area contributed by atoms with Gasteiger partial charge in [0.25, 0.3) is 0 Å². The largest absolute Gasteiger partial charge is 0.461 e. The third-order valence-corrected chi connectivity index (χ3v) is 6.29. The zero-order chi connectivity index (χ0) is 35.1. The normalized spacial score (nSPS) is 10.5. The predicted molar refractivity (Wildman–Crippen MR) is 176 cm³/mol. The van der Waals surface area contributed by atoms with Gasteiger partial charge in [-0.1, -0.05) is 36.4 Å². The van der Waals surface area contributed by atoms with Gasteiger partial charge in [-0.15, -0.1) is 0 Å². The maximum Gasteiger partial charge on any atom is 0.359 e. The Hall–Kier alpha value is -5.92. The maximum atomic E-state index is 13.8. The van der Waals surface area contributed by atoms with E-state index in [9.17, 15) is 23.2 Å². The molecule has 3 heterocycles. The molecule has 2 N–H and O–H groups in total. The Labute approximate surface area is 276 Å². The van der Waals surface area contributed by atoms with Crippen LogP contribution in [0.2, 0.25) is 0 Å². The molecule has 0 saturated carbocycles. The number of ether oxygens (including phenoxy) is 2. The number of nitrogens with two attached hydrogens (primary N) is 1. The summed E-state index contributed by atoms with van der Waals surface area (Å²) in [6.07, 6.45) is 5.49. The maximum absolute atomic E-state index is 13.8. The van der Waals surface area contributed by atoms with Gasteiger partial charge in [-0.05, 0) is 44.2 Å². The number of rotatable bonds is 10. The van der Waals surface area contributed by atoms with Gasteiger partial charge in [0.2, 0.25) is 0 Å². The van der Waals surface area contributed by atoms with Crippen LogP contribution in [0, 0.1) is 11.6 Å². The van der Waals surface area contributed by atoms with Gasteiger partial charge in [0.1, 0.15) is 23.7 Å². The SMILES string of the molecule is CCOC(=O)c1cc(N)n(Cc2ccccc2F)n1.CCOC(=O)c1nn(Cc2ccccc2F)c2ncccc12.CN(C)/C=C/C=O. The van der Waals surface area contributed by atoms with Crippen LogP contribution in [0.4, 0.5) is 14.6 Å². The molecule has 5 rings (SSSR count). The number of nitrogen functional groups attached to an aromatic ring is 1. The number of nitrogens with zero attached hydrogens (tertiary/aromatic N) is 6. The summed E-state index contributed by atoms with van der Waals surface area (Å²) in [6.45, 7) is 4.32. The Balaban J connectivity index is 0.000000220. The molecule has 0 saturated heterocycles. The van der Waals surface area contributed by atoms with Crippen LogP contribution in [0.3, 0.4) is 0 Å². The molecule has 5 aromatic rings. The van der Waals surface area contributed by atoms with Gasteiger partial charge in [0.15, 0.2) is 17.0 Å². The number of carbonyl (C=O) groups excluding carboxylic acids is 3. The summed E-state index contributed by atoms with van der Waals surface area (Å²) in [4.78, 5) is 39.1. The van der Waals surface area contributed by atoms with Crippen molar-refractivity contribution in [3.05, 3.63) is 119 Å². The van der Waals surface area contributed by atoms with Crippen molar-refractivity contribution in [3.63, 3.8) is 0 Å². The molecule has 0 unspecified atom stereocenters. The van der Waals surface area contributed by atoms with E-state index in [2.05, 4.69) is 15.2 Å². The molecule has 3 aromatic heterocycles. The molecule has 0 aliphatic carbocycles. The van der Waals surface area contributed by atoms with Crippen LogP contribution in [0.1, 0.15) is 46.0 Å². The lowest BCUT2D eigenvalue weighted by atomic mass is 10.2. The molecule has 252 valence electrons. The second-order valence-corrected chi connectivity index (χ2v) is 10.1. The quantitative estimate of drug-likeness (QED) is 0.125. The number of anilines is 1. The van der Waals surface area contributed by atoms with Gasteiger partial charge in [-0.25, -0.2) is 32.7 Å². The number of carbonyl (C=O) groups is 3. The first kappa shape index (κ1) is 36.5. The number of esters is 2. The van der Waals surface area contributed by atoms with E-state index >= 15 is 0 Å². The van der Waals surface area contributed by atoms with Crippen LogP contribution in [0.15, 0.2) is 85.2 Å². The van der Waals surface area contributed by atoms with Crippen molar-refractivity contribution in [1.29, 1.82) is 0 Å². The minimum atomic E-state index is -0.540. The average molecular weight is 662 g/mol. The van der Waals surface area contributed by atoms with Gasteiger partial charge in [-0.3, -0.25) is 4.79 Å². The molecule has 0 aliphatic heterocycles. The molecule has 0 aliphatic rings. The van der Waals surface area contributed by atoms with Crippen molar-refractivity contribution in [1.82, 2.24) is 29.4 Å². The molecule has 0 radical (unpaired) electrons. The highest BCUT2D eigenvalue weighted by atomic mass is 19.1. The van der Waals surface area contributed by atoms with Gasteiger partial charge >= 0.3 is 11.9 Å². The van der Waals surface area contributed by atoms with E-state index in [1.165, 1.54) is 33.6 Å². The fourth-order valence-corrected chi connectivity index (χ4v) is 4.12. The molecule has 0 bridgehead atoms. The lowest BCUT2D eigenvalue weighted by molar-refractivity contribution is -0.104. The van der Waals surface area contributed by atoms with Gasteiger partial charge in [0.05, 0.1) is 31.7 Å². The number of aromatic nitrogens is 5. The molecular weight excluding hydrogens is 624 g/mol. The van der Waals surface area contributed by atoms with Crippen molar-refractivity contribution in [2.45, 2.75) is 26.9 Å². The fourth-order valence-electron chi connectivity index (χ4n) is 4.12. The highest BCUT2D eigenvalue weighted by Crippen LogP contribution is 2.19. The predicted octanol–water partition coefficient (Wildman–Crippen LogP) is 4.89. The molecule has 14 heteroatoms. The number of aldehydes is 1. The fraction of sp³-hybridized carbons (Fsp3) is 0.235. The van der Waals surface area contributed by atoms with E-state index in [1.54, 1.807) is 79.7 Å². The molecule has 0 atom stereocenters. The zero-order valence-electron chi connectivity index (χ0n) is 27.0. The molecule has 0 amide bonds. The van der Waals surface area contributed by atoms with E-state index in [0.717, 1.165) is 6.29 Å². The Kier molecular flexibility index (Phi) is 13.9. The topological polar surface area (TPSA) is 147 Å². The number of fused-ring (bicyclic) bond motifs is 1. The second-order valence-electron chi connectivity index (χ2n) is 10.1. The minimum absolute atomic E-state index is 0.121. The molecular formula is C34H37F2N7O5. The van der Waals surface area contributed by atoms with Crippen LogP contribution < -0.4 is 5.73 Å². The molecule has 0 fully saturated rings. The van der Waals surface area contributed by atoms with Crippen molar-refractivity contribution < 1.29 is 32.6 Å². The Morgan fingerprint density at radius 1 is 0.854 bits per heavy atom. The van der Waals surface area contributed by atoms with Crippen molar-refractivity contribution >= 4 is 35.1 Å². The highest BCUT2D eigenvalue weighted by molar-refractivity contribution is 6.01. The molecule has 0 spiro atoms. The van der Waals surface area contributed by atoms with Crippen LogP contribution in [-0.2, 0) is 27.4 Å². The number of benzene rings is 2. The summed E-state index contributed by atoms with van der Waals surface area (Å²) in [6, 6.07) is 17.7. The van der Waals surface area contributed by atoms with Crippen molar-refractivity contribution in [3.8, 4) is 0 Å². The summed E-state index contributed by atoms with van der Waals surface area (Å²) < 4.78 is 40.0. The minimum Gasteiger partial charge on any atom is -0.461 e. The zero-order valence-corrected chi connectivity index (χ0v) is 27.0. The summed E-state index contributed by atoms with van der Waals surface area (Å²) in [5, 5.41) is 8.87. The molecule has 2 aromatic carbocycles. The summed E-state index contributed by atoms with van der Waals surface area (Å²) in [5.74, 6) is -1.42. The highest BCUT2D eigenvalue weighted by Gasteiger charge is 2.19. The number of allylic oxidation sites excluding steroid dienone is 1. The van der Waals surface area contributed by atoms with Crippen LogP contribution in [0.5, 0.6) is 0 Å². The first-order valence-corrected chi connectivity index (χ1v) is 14.8. The monoisotopic (exact) mass is 661 g/mol. The van der Waals surface area contributed by atoms with E-state index in [4.69, 9.17) is 15.2 Å². The van der Waals surface area contributed by atoms with E-state index < -0.39 is 11.9 Å². The number of pyridine rings is 1. The van der Waals surface area contributed by atoms with E-state index in [0.29, 0.717) is 22.2 Å². The number of halogens is 2. The van der Waals surface area contributed by atoms with Crippen molar-refractivity contribution in [2.75, 3.05) is 33.0 Å². The lowest BCUT2D eigenvalue weighted by Crippen LogP contribution is -2.09. The summed E-state index contributed by atoms with van der Waals surface area (Å²) >= 11 is 0. The third-order valence-electron chi connectivity index (χ3n) is 6.29. The smallest absolute Gasteiger partial charge is 0.359 e. The molecule has 12 nitrogen and oxygen atoms in total. The van der Waals surface area contributed by atoms with Crippen LogP contribution in [0.25, 0.3) is 11.0 Å². The first-order chi connectivity index (χ1) is 23.1.